The highest BCUT2D eigenvalue weighted by Crippen LogP contribution is 2.19. The zero-order valence-electron chi connectivity index (χ0n) is 9.10. The van der Waals surface area contributed by atoms with Gasteiger partial charge >= 0.3 is 0 Å². The second kappa shape index (κ2) is 3.42. The van der Waals surface area contributed by atoms with Gasteiger partial charge in [0, 0.05) is 31.3 Å². The van der Waals surface area contributed by atoms with Crippen LogP contribution in [0.15, 0.2) is 6.20 Å². The van der Waals surface area contributed by atoms with Crippen molar-refractivity contribution in [2.75, 3.05) is 12.3 Å². The SMILES string of the molecule is NC(=O)c1c(N)nn2cc3c(nc12)CCNC3. The molecule has 88 valence electrons. The summed E-state index contributed by atoms with van der Waals surface area (Å²) in [5.41, 5.74) is 13.6. The predicted octanol–water partition coefficient (Wildman–Crippen LogP) is -0.944. The summed E-state index contributed by atoms with van der Waals surface area (Å²) in [6.45, 7) is 1.63. The van der Waals surface area contributed by atoms with E-state index in [-0.39, 0.29) is 11.4 Å². The molecule has 7 nitrogen and oxygen atoms in total. The second-order valence-electron chi connectivity index (χ2n) is 4.03. The van der Waals surface area contributed by atoms with E-state index in [4.69, 9.17) is 11.5 Å². The lowest BCUT2D eigenvalue weighted by Crippen LogP contribution is -2.25. The Morgan fingerprint density at radius 2 is 2.35 bits per heavy atom. The molecule has 2 aromatic heterocycles. The van der Waals surface area contributed by atoms with Crippen LogP contribution in [0.4, 0.5) is 5.82 Å². The highest BCUT2D eigenvalue weighted by Gasteiger charge is 2.19. The van der Waals surface area contributed by atoms with Crippen molar-refractivity contribution in [2.45, 2.75) is 13.0 Å². The van der Waals surface area contributed by atoms with Gasteiger partial charge in [0.15, 0.2) is 11.5 Å². The van der Waals surface area contributed by atoms with Crippen molar-refractivity contribution in [1.29, 1.82) is 0 Å². The van der Waals surface area contributed by atoms with Crippen LogP contribution < -0.4 is 16.8 Å². The van der Waals surface area contributed by atoms with E-state index in [0.717, 1.165) is 30.8 Å². The molecule has 1 aliphatic heterocycles. The zero-order chi connectivity index (χ0) is 12.0. The minimum Gasteiger partial charge on any atom is -0.381 e. The molecule has 0 aliphatic carbocycles. The van der Waals surface area contributed by atoms with E-state index in [9.17, 15) is 4.79 Å². The third-order valence-corrected chi connectivity index (χ3v) is 2.90. The first-order valence-corrected chi connectivity index (χ1v) is 5.34. The van der Waals surface area contributed by atoms with Gasteiger partial charge in [-0.25, -0.2) is 9.50 Å². The minimum atomic E-state index is -0.598. The molecule has 7 heteroatoms. The Kier molecular flexibility index (Phi) is 2.02. The number of hydrogen-bond donors (Lipinski definition) is 3. The lowest BCUT2D eigenvalue weighted by molar-refractivity contribution is 0.100. The summed E-state index contributed by atoms with van der Waals surface area (Å²) >= 11 is 0. The number of nitrogens with one attached hydrogen (secondary N) is 1. The Hall–Kier alpha value is -2.15. The van der Waals surface area contributed by atoms with Crippen molar-refractivity contribution in [3.8, 4) is 0 Å². The van der Waals surface area contributed by atoms with Gasteiger partial charge in [-0.05, 0) is 0 Å². The Morgan fingerprint density at radius 1 is 1.53 bits per heavy atom. The third-order valence-electron chi connectivity index (χ3n) is 2.90. The van der Waals surface area contributed by atoms with Crippen LogP contribution in [0.2, 0.25) is 0 Å². The van der Waals surface area contributed by atoms with Gasteiger partial charge < -0.3 is 16.8 Å². The number of aromatic nitrogens is 3. The Bertz CT molecular complexity index is 617. The highest BCUT2D eigenvalue weighted by atomic mass is 16.1. The van der Waals surface area contributed by atoms with E-state index in [2.05, 4.69) is 15.4 Å². The number of rotatable bonds is 1. The molecule has 0 aromatic carbocycles. The van der Waals surface area contributed by atoms with E-state index in [1.807, 2.05) is 6.20 Å². The average molecular weight is 232 g/mol. The van der Waals surface area contributed by atoms with Crippen molar-refractivity contribution in [3.05, 3.63) is 23.0 Å². The lowest BCUT2D eigenvalue weighted by Gasteiger charge is -2.15. The third kappa shape index (κ3) is 1.43. The molecule has 0 saturated carbocycles. The van der Waals surface area contributed by atoms with E-state index >= 15 is 0 Å². The zero-order valence-corrected chi connectivity index (χ0v) is 9.10. The molecule has 17 heavy (non-hydrogen) atoms. The van der Waals surface area contributed by atoms with Crippen molar-refractivity contribution in [1.82, 2.24) is 19.9 Å². The van der Waals surface area contributed by atoms with E-state index < -0.39 is 5.91 Å². The number of nitrogens with two attached hydrogens (primary N) is 2. The average Bonchev–Trinajstić information content (AvgIpc) is 2.60. The highest BCUT2D eigenvalue weighted by molar-refractivity contribution is 6.03. The fourth-order valence-electron chi connectivity index (χ4n) is 2.09. The molecule has 3 heterocycles. The van der Waals surface area contributed by atoms with Crippen LogP contribution in [-0.2, 0) is 13.0 Å². The van der Waals surface area contributed by atoms with Crippen LogP contribution in [-0.4, -0.2) is 27.0 Å². The van der Waals surface area contributed by atoms with Crippen LogP contribution >= 0.6 is 0 Å². The normalized spacial score (nSPS) is 14.8. The number of primary amides is 1. The van der Waals surface area contributed by atoms with Gasteiger partial charge in [0.1, 0.15) is 5.56 Å². The first-order valence-electron chi connectivity index (χ1n) is 5.34. The van der Waals surface area contributed by atoms with Crippen LogP contribution in [0.3, 0.4) is 0 Å². The molecule has 1 aliphatic rings. The topological polar surface area (TPSA) is 111 Å². The number of hydrogen-bond acceptors (Lipinski definition) is 5. The Labute approximate surface area is 96.8 Å². The van der Waals surface area contributed by atoms with E-state index in [1.54, 1.807) is 0 Å². The molecule has 2 aromatic rings. The number of anilines is 1. The van der Waals surface area contributed by atoms with Crippen molar-refractivity contribution in [2.24, 2.45) is 5.73 Å². The van der Waals surface area contributed by atoms with Gasteiger partial charge in [-0.2, -0.15) is 0 Å². The Morgan fingerprint density at radius 3 is 3.12 bits per heavy atom. The van der Waals surface area contributed by atoms with Crippen molar-refractivity contribution < 1.29 is 4.79 Å². The maximum atomic E-state index is 11.3. The molecule has 0 radical (unpaired) electrons. The molecular weight excluding hydrogens is 220 g/mol. The number of nitrogen functional groups attached to an aromatic ring is 1. The summed E-state index contributed by atoms with van der Waals surface area (Å²) in [5, 5.41) is 7.29. The number of amides is 1. The molecule has 0 saturated heterocycles. The van der Waals surface area contributed by atoms with Gasteiger partial charge in [0.2, 0.25) is 0 Å². The predicted molar refractivity (Wildman–Crippen MR) is 61.3 cm³/mol. The first kappa shape index (κ1) is 10.0. The molecular formula is C10H12N6O. The molecule has 0 bridgehead atoms. The van der Waals surface area contributed by atoms with Crippen LogP contribution in [0, 0.1) is 0 Å². The standard InChI is InChI=1S/C10H12N6O/c11-8-7(9(12)17)10-14-6-1-2-13-3-5(6)4-16(10)15-8/h4,13H,1-3H2,(H2,11,15)(H2,12,17). The van der Waals surface area contributed by atoms with Crippen LogP contribution in [0.1, 0.15) is 21.6 Å². The van der Waals surface area contributed by atoms with Gasteiger partial charge in [0.25, 0.3) is 5.91 Å². The first-order chi connectivity index (χ1) is 8.16. The molecule has 0 atom stereocenters. The fraction of sp³-hybridized carbons (Fsp3) is 0.300. The smallest absolute Gasteiger partial charge is 0.256 e. The van der Waals surface area contributed by atoms with Crippen LogP contribution in [0.25, 0.3) is 5.65 Å². The fourth-order valence-corrected chi connectivity index (χ4v) is 2.09. The lowest BCUT2D eigenvalue weighted by atomic mass is 10.1. The monoisotopic (exact) mass is 232 g/mol. The van der Waals surface area contributed by atoms with Crippen molar-refractivity contribution >= 4 is 17.4 Å². The number of nitrogens with zero attached hydrogens (tertiary/aromatic N) is 3. The molecule has 5 N–H and O–H groups in total. The van der Waals surface area contributed by atoms with Gasteiger partial charge in [0.05, 0.1) is 5.69 Å². The van der Waals surface area contributed by atoms with Gasteiger partial charge in [-0.3, -0.25) is 4.79 Å². The molecule has 0 fully saturated rings. The summed E-state index contributed by atoms with van der Waals surface area (Å²) in [5.74, 6) is -0.473. The number of carbonyl (C=O) groups is 1. The summed E-state index contributed by atoms with van der Waals surface area (Å²) < 4.78 is 1.52. The molecule has 1 amide bonds. The quantitative estimate of drug-likeness (QED) is 0.587. The van der Waals surface area contributed by atoms with E-state index in [0.29, 0.717) is 5.65 Å². The molecule has 0 spiro atoms. The number of fused-ring (bicyclic) bond motifs is 2. The second-order valence-corrected chi connectivity index (χ2v) is 4.03. The maximum Gasteiger partial charge on any atom is 0.256 e. The largest absolute Gasteiger partial charge is 0.381 e. The maximum absolute atomic E-state index is 11.3. The van der Waals surface area contributed by atoms with Gasteiger partial charge in [-0.15, -0.1) is 5.10 Å². The summed E-state index contributed by atoms with van der Waals surface area (Å²) in [6.07, 6.45) is 2.67. The summed E-state index contributed by atoms with van der Waals surface area (Å²) in [6, 6.07) is 0. The Balaban J connectivity index is 2.30. The molecule has 0 unspecified atom stereocenters. The van der Waals surface area contributed by atoms with Crippen LogP contribution in [0.5, 0.6) is 0 Å². The summed E-state index contributed by atoms with van der Waals surface area (Å²) in [4.78, 5) is 15.7. The summed E-state index contributed by atoms with van der Waals surface area (Å²) in [7, 11) is 0. The van der Waals surface area contributed by atoms with E-state index in [1.165, 1.54) is 4.52 Å². The minimum absolute atomic E-state index is 0.125. The van der Waals surface area contributed by atoms with Crippen molar-refractivity contribution in [3.63, 3.8) is 0 Å². The van der Waals surface area contributed by atoms with Gasteiger partial charge in [-0.1, -0.05) is 0 Å². The molecule has 3 rings (SSSR count). The number of carbonyl (C=O) groups excluding carboxylic acids is 1.